The molecule has 2 heteroatoms. The molecule has 0 aliphatic carbocycles. The molecule has 0 radical (unpaired) electrons. The van der Waals surface area contributed by atoms with E-state index in [-0.39, 0.29) is 0 Å². The van der Waals surface area contributed by atoms with E-state index in [9.17, 15) is 0 Å². The van der Waals surface area contributed by atoms with Crippen molar-refractivity contribution in [3.8, 4) is 5.75 Å². The van der Waals surface area contributed by atoms with Crippen LogP contribution in [0.4, 0.5) is 0 Å². The summed E-state index contributed by atoms with van der Waals surface area (Å²) >= 11 is 0. The zero-order valence-electron chi connectivity index (χ0n) is 10.5. The molecule has 1 atom stereocenters. The quantitative estimate of drug-likeness (QED) is 0.843. The lowest BCUT2D eigenvalue weighted by Crippen LogP contribution is -2.24. The van der Waals surface area contributed by atoms with Crippen LogP contribution in [0.25, 0.3) is 0 Å². The minimum atomic E-state index is 0.635. The van der Waals surface area contributed by atoms with Gasteiger partial charge in [-0.15, -0.1) is 0 Å². The molecule has 0 spiro atoms. The van der Waals surface area contributed by atoms with Gasteiger partial charge in [0.2, 0.25) is 0 Å². The first-order valence-corrected chi connectivity index (χ1v) is 6.09. The minimum Gasteiger partial charge on any atom is -0.496 e. The third-order valence-electron chi connectivity index (χ3n) is 3.59. The van der Waals surface area contributed by atoms with Gasteiger partial charge in [0.15, 0.2) is 0 Å². The lowest BCUT2D eigenvalue weighted by Gasteiger charge is -2.16. The van der Waals surface area contributed by atoms with Gasteiger partial charge in [-0.25, -0.2) is 0 Å². The van der Waals surface area contributed by atoms with E-state index in [2.05, 4.69) is 31.3 Å². The number of rotatable bonds is 3. The maximum atomic E-state index is 5.54. The SMILES string of the molecule is COc1c(CC2CCCN2)ccc(C)c1C. The first-order valence-electron chi connectivity index (χ1n) is 6.09. The fourth-order valence-electron chi connectivity index (χ4n) is 2.49. The topological polar surface area (TPSA) is 21.3 Å². The number of hydrogen-bond donors (Lipinski definition) is 1. The van der Waals surface area contributed by atoms with Crippen molar-refractivity contribution in [2.24, 2.45) is 0 Å². The Morgan fingerprint density at radius 2 is 2.19 bits per heavy atom. The van der Waals surface area contributed by atoms with Crippen molar-refractivity contribution in [3.63, 3.8) is 0 Å². The zero-order valence-corrected chi connectivity index (χ0v) is 10.5. The van der Waals surface area contributed by atoms with Crippen LogP contribution in [0.3, 0.4) is 0 Å². The highest BCUT2D eigenvalue weighted by atomic mass is 16.5. The Balaban J connectivity index is 2.22. The Morgan fingerprint density at radius 3 is 2.81 bits per heavy atom. The van der Waals surface area contributed by atoms with Gasteiger partial charge in [0.1, 0.15) is 5.75 Å². The number of hydrogen-bond acceptors (Lipinski definition) is 2. The Kier molecular flexibility index (Phi) is 3.49. The summed E-state index contributed by atoms with van der Waals surface area (Å²) in [5, 5.41) is 3.53. The molecule has 2 rings (SSSR count). The summed E-state index contributed by atoms with van der Waals surface area (Å²) in [5.74, 6) is 1.08. The van der Waals surface area contributed by atoms with Gasteiger partial charge in [-0.05, 0) is 56.3 Å². The fourth-order valence-corrected chi connectivity index (χ4v) is 2.49. The molecule has 1 heterocycles. The zero-order chi connectivity index (χ0) is 11.5. The summed E-state index contributed by atoms with van der Waals surface area (Å²) in [5.41, 5.74) is 3.92. The van der Waals surface area contributed by atoms with Crippen molar-refractivity contribution in [3.05, 3.63) is 28.8 Å². The molecule has 1 fully saturated rings. The van der Waals surface area contributed by atoms with E-state index in [1.54, 1.807) is 7.11 Å². The van der Waals surface area contributed by atoms with Crippen LogP contribution in [0.15, 0.2) is 12.1 Å². The van der Waals surface area contributed by atoms with Crippen LogP contribution in [0.5, 0.6) is 5.75 Å². The Morgan fingerprint density at radius 1 is 1.38 bits per heavy atom. The highest BCUT2D eigenvalue weighted by molar-refractivity contribution is 5.45. The van der Waals surface area contributed by atoms with Crippen LogP contribution in [0, 0.1) is 13.8 Å². The molecule has 2 nitrogen and oxygen atoms in total. The molecule has 0 bridgehead atoms. The molecule has 0 amide bonds. The normalized spacial score (nSPS) is 20.1. The summed E-state index contributed by atoms with van der Waals surface area (Å²) in [7, 11) is 1.77. The van der Waals surface area contributed by atoms with Gasteiger partial charge in [0, 0.05) is 6.04 Å². The van der Waals surface area contributed by atoms with Gasteiger partial charge in [-0.3, -0.25) is 0 Å². The lowest BCUT2D eigenvalue weighted by molar-refractivity contribution is 0.403. The summed E-state index contributed by atoms with van der Waals surface area (Å²) in [4.78, 5) is 0. The lowest BCUT2D eigenvalue weighted by atomic mass is 9.98. The molecule has 1 aromatic rings. The maximum Gasteiger partial charge on any atom is 0.125 e. The third-order valence-corrected chi connectivity index (χ3v) is 3.59. The van der Waals surface area contributed by atoms with Gasteiger partial charge in [0.05, 0.1) is 7.11 Å². The summed E-state index contributed by atoms with van der Waals surface area (Å²) in [6.07, 6.45) is 3.68. The van der Waals surface area contributed by atoms with E-state index in [4.69, 9.17) is 4.74 Å². The van der Waals surface area contributed by atoms with Gasteiger partial charge in [0.25, 0.3) is 0 Å². The van der Waals surface area contributed by atoms with Crippen molar-refractivity contribution in [2.45, 2.75) is 39.2 Å². The molecule has 1 saturated heterocycles. The van der Waals surface area contributed by atoms with Gasteiger partial charge < -0.3 is 10.1 Å². The standard InChI is InChI=1S/C14H21NO/c1-10-6-7-12(14(16-3)11(10)2)9-13-5-4-8-15-13/h6-7,13,15H,4-5,8-9H2,1-3H3. The van der Waals surface area contributed by atoms with Crippen LogP contribution in [0.2, 0.25) is 0 Å². The van der Waals surface area contributed by atoms with E-state index in [0.717, 1.165) is 18.7 Å². The molecular weight excluding hydrogens is 198 g/mol. The second kappa shape index (κ2) is 4.88. The predicted octanol–water partition coefficient (Wildman–Crippen LogP) is 2.61. The van der Waals surface area contributed by atoms with Crippen LogP contribution in [0.1, 0.15) is 29.5 Å². The molecule has 0 aromatic heterocycles. The molecule has 1 unspecified atom stereocenters. The van der Waals surface area contributed by atoms with Crippen molar-refractivity contribution in [2.75, 3.05) is 13.7 Å². The second-order valence-corrected chi connectivity index (χ2v) is 4.70. The maximum absolute atomic E-state index is 5.54. The van der Waals surface area contributed by atoms with Gasteiger partial charge in [-0.2, -0.15) is 0 Å². The first-order chi connectivity index (χ1) is 7.72. The predicted molar refractivity (Wildman–Crippen MR) is 67.2 cm³/mol. The monoisotopic (exact) mass is 219 g/mol. The molecule has 0 saturated carbocycles. The van der Waals surface area contributed by atoms with E-state index >= 15 is 0 Å². The highest BCUT2D eigenvalue weighted by Crippen LogP contribution is 2.28. The molecule has 1 aliphatic heterocycles. The largest absolute Gasteiger partial charge is 0.496 e. The first kappa shape index (κ1) is 11.5. The Hall–Kier alpha value is -1.02. The van der Waals surface area contributed by atoms with Crippen molar-refractivity contribution < 1.29 is 4.74 Å². The molecule has 1 aliphatic rings. The van der Waals surface area contributed by atoms with Gasteiger partial charge in [-0.1, -0.05) is 12.1 Å². The summed E-state index contributed by atoms with van der Waals surface area (Å²) in [6.45, 7) is 5.44. The summed E-state index contributed by atoms with van der Waals surface area (Å²) < 4.78 is 5.54. The number of ether oxygens (including phenoxy) is 1. The molecule has 16 heavy (non-hydrogen) atoms. The van der Waals surface area contributed by atoms with Crippen LogP contribution < -0.4 is 10.1 Å². The minimum absolute atomic E-state index is 0.635. The number of benzene rings is 1. The molecule has 1 N–H and O–H groups in total. The molecular formula is C14H21NO. The smallest absolute Gasteiger partial charge is 0.125 e. The summed E-state index contributed by atoms with van der Waals surface area (Å²) in [6, 6.07) is 5.04. The highest BCUT2D eigenvalue weighted by Gasteiger charge is 2.17. The average Bonchev–Trinajstić information content (AvgIpc) is 2.77. The van der Waals surface area contributed by atoms with Crippen molar-refractivity contribution in [1.82, 2.24) is 5.32 Å². The van der Waals surface area contributed by atoms with Crippen LogP contribution in [-0.2, 0) is 6.42 Å². The van der Waals surface area contributed by atoms with E-state index in [0.29, 0.717) is 6.04 Å². The van der Waals surface area contributed by atoms with Crippen molar-refractivity contribution >= 4 is 0 Å². The second-order valence-electron chi connectivity index (χ2n) is 4.70. The van der Waals surface area contributed by atoms with E-state index in [1.165, 1.54) is 29.5 Å². The van der Waals surface area contributed by atoms with Crippen molar-refractivity contribution in [1.29, 1.82) is 0 Å². The Bertz CT molecular complexity index is 367. The number of methoxy groups -OCH3 is 1. The number of aryl methyl sites for hydroxylation is 1. The van der Waals surface area contributed by atoms with Crippen LogP contribution in [-0.4, -0.2) is 19.7 Å². The fraction of sp³-hybridized carbons (Fsp3) is 0.571. The van der Waals surface area contributed by atoms with E-state index < -0.39 is 0 Å². The third kappa shape index (κ3) is 2.22. The van der Waals surface area contributed by atoms with Gasteiger partial charge >= 0.3 is 0 Å². The molecule has 1 aromatic carbocycles. The Labute approximate surface area is 98.0 Å². The molecule has 88 valence electrons. The van der Waals surface area contributed by atoms with Crippen LogP contribution >= 0.6 is 0 Å². The van der Waals surface area contributed by atoms with E-state index in [1.807, 2.05) is 0 Å². The number of nitrogens with one attached hydrogen (secondary N) is 1. The average molecular weight is 219 g/mol.